The van der Waals surface area contributed by atoms with Crippen LogP contribution in [0.1, 0.15) is 28.4 Å². The fraction of sp³-hybridized carbons (Fsp3) is 0.154. The first-order chi connectivity index (χ1) is 16.2. The second-order valence-electron chi connectivity index (χ2n) is 7.70. The Balaban J connectivity index is 1.83. The molecule has 1 aliphatic rings. The van der Waals surface area contributed by atoms with Gasteiger partial charge in [0.1, 0.15) is 11.5 Å². The van der Waals surface area contributed by atoms with Crippen molar-refractivity contribution < 1.29 is 27.5 Å². The Morgan fingerprint density at radius 1 is 0.971 bits per heavy atom. The standard InChI is InChI=1S/C26H23NO6S/c1-4-32-26(29)24-25(28)22-15-12-20(33-19-8-6-5-7-9-19)16-23(22)18(3)27(24)34(30,31)21-13-10-17(2)11-14-21/h5-16,24H,3-4H2,1-2H3. The fourth-order valence-electron chi connectivity index (χ4n) is 3.73. The van der Waals surface area contributed by atoms with Crippen LogP contribution in [-0.4, -0.2) is 37.1 Å². The van der Waals surface area contributed by atoms with Gasteiger partial charge in [-0.15, -0.1) is 0 Å². The normalized spacial score (nSPS) is 15.6. The van der Waals surface area contributed by atoms with Gasteiger partial charge in [0.15, 0.2) is 5.78 Å². The van der Waals surface area contributed by atoms with Gasteiger partial charge in [-0.25, -0.2) is 17.5 Å². The van der Waals surface area contributed by atoms with Crippen molar-refractivity contribution in [2.45, 2.75) is 24.8 Å². The van der Waals surface area contributed by atoms with Crippen LogP contribution in [0.25, 0.3) is 5.70 Å². The third-order valence-corrected chi connectivity index (χ3v) is 7.20. The number of fused-ring (bicyclic) bond motifs is 1. The molecule has 1 atom stereocenters. The molecule has 1 heterocycles. The average molecular weight is 478 g/mol. The van der Waals surface area contributed by atoms with Crippen molar-refractivity contribution in [2.24, 2.45) is 0 Å². The predicted octanol–water partition coefficient (Wildman–Crippen LogP) is 4.58. The van der Waals surface area contributed by atoms with E-state index in [1.165, 1.54) is 18.2 Å². The third kappa shape index (κ3) is 4.20. The van der Waals surface area contributed by atoms with Gasteiger partial charge < -0.3 is 9.47 Å². The molecule has 34 heavy (non-hydrogen) atoms. The monoisotopic (exact) mass is 477 g/mol. The van der Waals surface area contributed by atoms with Crippen molar-refractivity contribution in [1.82, 2.24) is 4.31 Å². The van der Waals surface area contributed by atoms with E-state index in [2.05, 4.69) is 6.58 Å². The SMILES string of the molecule is C=C1c2cc(Oc3ccccc3)ccc2C(=O)C(C(=O)OCC)N1S(=O)(=O)c1ccc(C)cc1. The number of esters is 1. The molecule has 1 unspecified atom stereocenters. The van der Waals surface area contributed by atoms with Gasteiger partial charge in [0, 0.05) is 11.1 Å². The van der Waals surface area contributed by atoms with E-state index in [0.717, 1.165) is 9.87 Å². The number of carbonyl (C=O) groups excluding carboxylic acids is 2. The van der Waals surface area contributed by atoms with Crippen LogP contribution in [0.4, 0.5) is 0 Å². The number of ether oxygens (including phenoxy) is 2. The molecule has 0 fully saturated rings. The van der Waals surface area contributed by atoms with Crippen molar-refractivity contribution in [2.75, 3.05) is 6.61 Å². The number of rotatable bonds is 6. The summed E-state index contributed by atoms with van der Waals surface area (Å²) in [4.78, 5) is 26.1. The molecule has 0 N–H and O–H groups in total. The van der Waals surface area contributed by atoms with Gasteiger partial charge in [0.2, 0.25) is 6.04 Å². The van der Waals surface area contributed by atoms with Gasteiger partial charge in [-0.05, 0) is 56.3 Å². The Bertz CT molecular complexity index is 1360. The summed E-state index contributed by atoms with van der Waals surface area (Å²) in [7, 11) is -4.32. The number of hydrogen-bond acceptors (Lipinski definition) is 6. The minimum absolute atomic E-state index is 0.00970. The maximum Gasteiger partial charge on any atom is 0.338 e. The highest BCUT2D eigenvalue weighted by Gasteiger charge is 2.47. The number of Topliss-reactive ketones (excluding diaryl/α,β-unsaturated/α-hetero) is 1. The Labute approximate surface area is 198 Å². The number of sulfonamides is 1. The summed E-state index contributed by atoms with van der Waals surface area (Å²) < 4.78 is 38.9. The van der Waals surface area contributed by atoms with E-state index in [9.17, 15) is 18.0 Å². The van der Waals surface area contributed by atoms with Gasteiger partial charge in [-0.1, -0.05) is 42.5 Å². The van der Waals surface area contributed by atoms with E-state index < -0.39 is 27.8 Å². The summed E-state index contributed by atoms with van der Waals surface area (Å²) in [6, 6.07) is 18.1. The lowest BCUT2D eigenvalue weighted by Gasteiger charge is -2.36. The maximum atomic E-state index is 13.6. The quantitative estimate of drug-likeness (QED) is 0.381. The molecule has 0 bridgehead atoms. The lowest BCUT2D eigenvalue weighted by atomic mass is 9.92. The van der Waals surface area contributed by atoms with Crippen LogP contribution in [0.3, 0.4) is 0 Å². The van der Waals surface area contributed by atoms with Crippen LogP contribution in [0.15, 0.2) is 84.3 Å². The molecule has 0 radical (unpaired) electrons. The lowest BCUT2D eigenvalue weighted by Crippen LogP contribution is -2.52. The molecular weight excluding hydrogens is 454 g/mol. The van der Waals surface area contributed by atoms with Gasteiger partial charge in [0.05, 0.1) is 17.2 Å². The maximum absolute atomic E-state index is 13.6. The number of benzene rings is 3. The largest absolute Gasteiger partial charge is 0.464 e. The van der Waals surface area contributed by atoms with Crippen LogP contribution in [-0.2, 0) is 19.6 Å². The summed E-state index contributed by atoms with van der Waals surface area (Å²) in [5, 5.41) is 0. The summed E-state index contributed by atoms with van der Waals surface area (Å²) in [6.07, 6.45) is 0. The van der Waals surface area contributed by atoms with Crippen molar-refractivity contribution in [3.05, 3.63) is 96.1 Å². The number of nitrogens with zero attached hydrogens (tertiary/aromatic N) is 1. The topological polar surface area (TPSA) is 90.0 Å². The Hall–Kier alpha value is -3.91. The van der Waals surface area contributed by atoms with Crippen LogP contribution in [0.5, 0.6) is 11.5 Å². The first-order valence-corrected chi connectivity index (χ1v) is 12.1. The van der Waals surface area contributed by atoms with Gasteiger partial charge in [-0.3, -0.25) is 4.79 Å². The molecule has 0 spiro atoms. The molecular formula is C26H23NO6S. The number of hydrogen-bond donors (Lipinski definition) is 0. The molecule has 0 aliphatic carbocycles. The first kappa shape index (κ1) is 23.3. The molecule has 1 aliphatic heterocycles. The zero-order chi connectivity index (χ0) is 24.5. The van der Waals surface area contributed by atoms with Crippen LogP contribution in [0.2, 0.25) is 0 Å². The smallest absolute Gasteiger partial charge is 0.338 e. The molecule has 4 rings (SSSR count). The second kappa shape index (κ2) is 9.15. The van der Waals surface area contributed by atoms with Crippen LogP contribution in [0, 0.1) is 6.92 Å². The number of para-hydroxylation sites is 1. The highest BCUT2D eigenvalue weighted by atomic mass is 32.2. The third-order valence-electron chi connectivity index (χ3n) is 5.38. The van der Waals surface area contributed by atoms with E-state index in [-0.39, 0.29) is 28.3 Å². The van der Waals surface area contributed by atoms with Gasteiger partial charge in [-0.2, -0.15) is 0 Å². The molecule has 0 aromatic heterocycles. The number of ketones is 1. The van der Waals surface area contributed by atoms with Crippen molar-refractivity contribution in [1.29, 1.82) is 0 Å². The lowest BCUT2D eigenvalue weighted by molar-refractivity contribution is -0.145. The Morgan fingerprint density at radius 2 is 1.65 bits per heavy atom. The molecule has 3 aromatic rings. The van der Waals surface area contributed by atoms with E-state index in [0.29, 0.717) is 11.5 Å². The molecule has 7 nitrogen and oxygen atoms in total. The van der Waals surface area contributed by atoms with Crippen molar-refractivity contribution >= 4 is 27.5 Å². The molecule has 174 valence electrons. The Morgan fingerprint density at radius 3 is 2.29 bits per heavy atom. The summed E-state index contributed by atoms with van der Waals surface area (Å²) in [5.41, 5.74) is 1.27. The van der Waals surface area contributed by atoms with Crippen molar-refractivity contribution in [3.8, 4) is 11.5 Å². The summed E-state index contributed by atoms with van der Waals surface area (Å²) >= 11 is 0. The van der Waals surface area contributed by atoms with Crippen molar-refractivity contribution in [3.63, 3.8) is 0 Å². The minimum atomic E-state index is -4.32. The predicted molar refractivity (Wildman–Crippen MR) is 127 cm³/mol. The minimum Gasteiger partial charge on any atom is -0.464 e. The molecule has 0 saturated heterocycles. The zero-order valence-electron chi connectivity index (χ0n) is 18.7. The summed E-state index contributed by atoms with van der Waals surface area (Å²) in [5.74, 6) is -0.688. The fourth-order valence-corrected chi connectivity index (χ4v) is 5.28. The van der Waals surface area contributed by atoms with Crippen LogP contribution >= 0.6 is 0 Å². The number of carbonyl (C=O) groups is 2. The molecule has 0 amide bonds. The zero-order valence-corrected chi connectivity index (χ0v) is 19.5. The highest BCUT2D eigenvalue weighted by Crippen LogP contribution is 2.38. The highest BCUT2D eigenvalue weighted by molar-refractivity contribution is 7.89. The molecule has 0 saturated carbocycles. The summed E-state index contributed by atoms with van der Waals surface area (Å²) in [6.45, 7) is 7.35. The second-order valence-corrected chi connectivity index (χ2v) is 9.52. The molecule has 3 aromatic carbocycles. The Kier molecular flexibility index (Phi) is 6.26. The van der Waals surface area contributed by atoms with Crippen LogP contribution < -0.4 is 4.74 Å². The first-order valence-electron chi connectivity index (χ1n) is 10.6. The van der Waals surface area contributed by atoms with Gasteiger partial charge >= 0.3 is 5.97 Å². The van der Waals surface area contributed by atoms with E-state index >= 15 is 0 Å². The number of aryl methyl sites for hydroxylation is 1. The van der Waals surface area contributed by atoms with E-state index in [1.54, 1.807) is 43.3 Å². The van der Waals surface area contributed by atoms with E-state index in [4.69, 9.17) is 9.47 Å². The van der Waals surface area contributed by atoms with E-state index in [1.807, 2.05) is 25.1 Å². The molecule has 8 heteroatoms. The average Bonchev–Trinajstić information content (AvgIpc) is 2.82. The van der Waals surface area contributed by atoms with Gasteiger partial charge in [0.25, 0.3) is 10.0 Å².